The summed E-state index contributed by atoms with van der Waals surface area (Å²) in [7, 11) is 0. The highest BCUT2D eigenvalue weighted by molar-refractivity contribution is 5.67. The van der Waals surface area contributed by atoms with Gasteiger partial charge in [0, 0.05) is 18.5 Å². The van der Waals surface area contributed by atoms with E-state index in [2.05, 4.69) is 4.98 Å². The number of hydrogen-bond acceptors (Lipinski definition) is 2. The lowest BCUT2D eigenvalue weighted by atomic mass is 10.1. The maximum Gasteiger partial charge on any atom is 0.435 e. The summed E-state index contributed by atoms with van der Waals surface area (Å²) in [6.45, 7) is 0. The van der Waals surface area contributed by atoms with E-state index in [0.29, 0.717) is 12.1 Å². The minimum Gasteiger partial charge on any atom is -0.396 e. The normalized spacial score (nSPS) is 11.8. The molecular weight excluding hydrogens is 363 g/mol. The van der Waals surface area contributed by atoms with Crippen molar-refractivity contribution in [2.75, 3.05) is 5.73 Å². The zero-order valence-corrected chi connectivity index (χ0v) is 14.9. The van der Waals surface area contributed by atoms with Crippen LogP contribution in [-0.2, 0) is 19.0 Å². The van der Waals surface area contributed by atoms with Crippen LogP contribution in [0.2, 0.25) is 0 Å². The van der Waals surface area contributed by atoms with Gasteiger partial charge in [-0.05, 0) is 23.3 Å². The Kier molecular flexibility index (Phi) is 4.55. The summed E-state index contributed by atoms with van der Waals surface area (Å²) in [6, 6.07) is 22.1. The van der Waals surface area contributed by atoms with E-state index in [1.54, 1.807) is 16.5 Å². The molecule has 0 saturated carbocycles. The molecular formula is C22H18F3N3. The lowest BCUT2D eigenvalue weighted by molar-refractivity contribution is -0.141. The molecule has 0 bridgehead atoms. The van der Waals surface area contributed by atoms with Gasteiger partial charge >= 0.3 is 6.18 Å². The quantitative estimate of drug-likeness (QED) is 0.533. The molecule has 0 amide bonds. The Morgan fingerprint density at radius 1 is 0.786 bits per heavy atom. The van der Waals surface area contributed by atoms with Crippen molar-refractivity contribution in [1.82, 2.24) is 9.38 Å². The molecule has 0 saturated heterocycles. The molecule has 0 unspecified atom stereocenters. The number of nitrogens with zero attached hydrogens (tertiary/aromatic N) is 2. The Balaban J connectivity index is 1.93. The number of aromatic nitrogens is 2. The van der Waals surface area contributed by atoms with Crippen molar-refractivity contribution in [3.8, 4) is 0 Å². The van der Waals surface area contributed by atoms with Crippen LogP contribution in [-0.4, -0.2) is 9.38 Å². The molecule has 142 valence electrons. The number of hydrogen-bond donors (Lipinski definition) is 1. The van der Waals surface area contributed by atoms with E-state index < -0.39 is 11.9 Å². The number of anilines is 1. The van der Waals surface area contributed by atoms with Gasteiger partial charge in [-0.25, -0.2) is 4.98 Å². The lowest BCUT2D eigenvalue weighted by Crippen LogP contribution is -2.11. The first-order chi connectivity index (χ1) is 13.4. The molecule has 0 aliphatic rings. The third-order valence-corrected chi connectivity index (χ3v) is 4.68. The van der Waals surface area contributed by atoms with E-state index in [-0.39, 0.29) is 23.4 Å². The number of alkyl halides is 3. The summed E-state index contributed by atoms with van der Waals surface area (Å²) in [6.07, 6.45) is -3.97. The Morgan fingerprint density at radius 3 is 1.93 bits per heavy atom. The Labute approximate surface area is 160 Å². The topological polar surface area (TPSA) is 43.3 Å². The Hall–Kier alpha value is -3.28. The summed E-state index contributed by atoms with van der Waals surface area (Å²) in [5.41, 5.74) is 8.07. The van der Waals surface area contributed by atoms with Gasteiger partial charge in [-0.15, -0.1) is 0 Å². The standard InChI is InChI=1S/C22H18F3N3/c23-22(24,25)20-19(14-16-9-5-2-6-10-16)28-17(11-12-18(26)21(28)27-20)13-15-7-3-1-4-8-15/h1-12H,13-14,26H2. The Morgan fingerprint density at radius 2 is 1.36 bits per heavy atom. The lowest BCUT2D eigenvalue weighted by Gasteiger charge is -2.12. The van der Waals surface area contributed by atoms with Crippen LogP contribution in [0.25, 0.3) is 5.65 Å². The molecule has 0 aliphatic heterocycles. The van der Waals surface area contributed by atoms with E-state index in [1.165, 1.54) is 0 Å². The minimum atomic E-state index is -4.56. The third-order valence-electron chi connectivity index (χ3n) is 4.68. The number of nitrogens with two attached hydrogens (primary N) is 1. The first kappa shape index (κ1) is 18.1. The van der Waals surface area contributed by atoms with Crippen molar-refractivity contribution in [2.45, 2.75) is 19.0 Å². The molecule has 0 atom stereocenters. The van der Waals surface area contributed by atoms with Gasteiger partial charge < -0.3 is 5.73 Å². The number of benzene rings is 2. The maximum absolute atomic E-state index is 13.8. The summed E-state index contributed by atoms with van der Waals surface area (Å²) in [5.74, 6) is 0. The van der Waals surface area contributed by atoms with E-state index in [1.807, 2.05) is 60.7 Å². The van der Waals surface area contributed by atoms with Gasteiger partial charge in [0.25, 0.3) is 0 Å². The highest BCUT2D eigenvalue weighted by Gasteiger charge is 2.38. The molecule has 0 spiro atoms. The number of halogens is 3. The van der Waals surface area contributed by atoms with Crippen LogP contribution in [0.15, 0.2) is 72.8 Å². The molecule has 4 aromatic rings. The average molecular weight is 381 g/mol. The zero-order valence-electron chi connectivity index (χ0n) is 14.9. The smallest absolute Gasteiger partial charge is 0.396 e. The van der Waals surface area contributed by atoms with E-state index in [4.69, 9.17) is 5.73 Å². The molecule has 28 heavy (non-hydrogen) atoms. The van der Waals surface area contributed by atoms with Crippen LogP contribution in [0.5, 0.6) is 0 Å². The Bertz CT molecular complexity index is 1100. The second-order valence-corrected chi connectivity index (χ2v) is 6.67. The highest BCUT2D eigenvalue weighted by Crippen LogP contribution is 2.35. The van der Waals surface area contributed by atoms with Crippen LogP contribution in [0.4, 0.5) is 18.9 Å². The fourth-order valence-electron chi connectivity index (χ4n) is 3.41. The van der Waals surface area contributed by atoms with Crippen LogP contribution in [0, 0.1) is 0 Å². The molecule has 0 aliphatic carbocycles. The largest absolute Gasteiger partial charge is 0.435 e. The molecule has 2 aromatic heterocycles. The van der Waals surface area contributed by atoms with Gasteiger partial charge in [0.2, 0.25) is 0 Å². The number of pyridine rings is 1. The van der Waals surface area contributed by atoms with Crippen LogP contribution < -0.4 is 5.73 Å². The molecule has 2 N–H and O–H groups in total. The predicted molar refractivity (Wildman–Crippen MR) is 103 cm³/mol. The molecule has 0 fully saturated rings. The molecule has 0 radical (unpaired) electrons. The van der Waals surface area contributed by atoms with E-state index in [0.717, 1.165) is 11.1 Å². The van der Waals surface area contributed by atoms with Crippen LogP contribution in [0.3, 0.4) is 0 Å². The van der Waals surface area contributed by atoms with Crippen molar-refractivity contribution < 1.29 is 13.2 Å². The maximum atomic E-state index is 13.8. The van der Waals surface area contributed by atoms with Crippen molar-refractivity contribution in [2.24, 2.45) is 0 Å². The number of imidazole rings is 1. The summed E-state index contributed by atoms with van der Waals surface area (Å²) < 4.78 is 42.9. The van der Waals surface area contributed by atoms with Crippen molar-refractivity contribution >= 4 is 11.3 Å². The SMILES string of the molecule is Nc1ccc(Cc2ccccc2)n2c(Cc3ccccc3)c(C(F)(F)F)nc12. The monoisotopic (exact) mass is 381 g/mol. The van der Waals surface area contributed by atoms with Crippen LogP contribution in [0.1, 0.15) is 28.2 Å². The number of nitrogen functional groups attached to an aromatic ring is 1. The van der Waals surface area contributed by atoms with Crippen molar-refractivity contribution in [1.29, 1.82) is 0 Å². The predicted octanol–water partition coefficient (Wildman–Crippen LogP) is 5.12. The van der Waals surface area contributed by atoms with E-state index >= 15 is 0 Å². The van der Waals surface area contributed by atoms with Crippen molar-refractivity contribution in [3.63, 3.8) is 0 Å². The van der Waals surface area contributed by atoms with Gasteiger partial charge in [0.1, 0.15) is 0 Å². The first-order valence-corrected chi connectivity index (χ1v) is 8.87. The molecule has 4 rings (SSSR count). The average Bonchev–Trinajstić information content (AvgIpc) is 3.07. The zero-order chi connectivity index (χ0) is 19.7. The fraction of sp³-hybridized carbons (Fsp3) is 0.136. The second-order valence-electron chi connectivity index (χ2n) is 6.67. The number of fused-ring (bicyclic) bond motifs is 1. The summed E-state index contributed by atoms with van der Waals surface area (Å²) in [4.78, 5) is 3.89. The van der Waals surface area contributed by atoms with Gasteiger partial charge in [-0.1, -0.05) is 60.7 Å². The number of rotatable bonds is 4. The minimum absolute atomic E-state index is 0.104. The summed E-state index contributed by atoms with van der Waals surface area (Å²) >= 11 is 0. The van der Waals surface area contributed by atoms with Gasteiger partial charge in [0.05, 0.1) is 11.4 Å². The van der Waals surface area contributed by atoms with Crippen LogP contribution >= 0.6 is 0 Å². The van der Waals surface area contributed by atoms with E-state index in [9.17, 15) is 13.2 Å². The van der Waals surface area contributed by atoms with Crippen molar-refractivity contribution in [3.05, 3.63) is 101 Å². The third kappa shape index (κ3) is 3.45. The van der Waals surface area contributed by atoms with Gasteiger partial charge in [-0.2, -0.15) is 13.2 Å². The van der Waals surface area contributed by atoms with Gasteiger partial charge in [-0.3, -0.25) is 4.40 Å². The molecule has 3 nitrogen and oxygen atoms in total. The van der Waals surface area contributed by atoms with Gasteiger partial charge in [0.15, 0.2) is 11.3 Å². The summed E-state index contributed by atoms with van der Waals surface area (Å²) in [5, 5.41) is 0. The molecule has 2 heterocycles. The first-order valence-electron chi connectivity index (χ1n) is 8.87. The highest BCUT2D eigenvalue weighted by atomic mass is 19.4. The molecule has 6 heteroatoms. The fourth-order valence-corrected chi connectivity index (χ4v) is 3.41. The second kappa shape index (κ2) is 7.03. The molecule has 2 aromatic carbocycles.